The van der Waals surface area contributed by atoms with Crippen LogP contribution in [0.5, 0.6) is 0 Å². The van der Waals surface area contributed by atoms with Crippen molar-refractivity contribution >= 4 is 12.2 Å². The number of carbonyl (C=O) groups excluding carboxylic acids is 1. The molecule has 0 spiro atoms. The van der Waals surface area contributed by atoms with Crippen LogP contribution < -0.4 is 5.32 Å². The van der Waals surface area contributed by atoms with Crippen LogP contribution in [0.2, 0.25) is 0 Å². The smallest absolute Gasteiger partial charge is 0.407 e. The van der Waals surface area contributed by atoms with Gasteiger partial charge in [-0.3, -0.25) is 0 Å². The van der Waals surface area contributed by atoms with Gasteiger partial charge in [0.1, 0.15) is 5.60 Å². The van der Waals surface area contributed by atoms with E-state index >= 15 is 0 Å². The lowest BCUT2D eigenvalue weighted by Crippen LogP contribution is -2.40. The first-order chi connectivity index (χ1) is 11.8. The molecule has 1 amide bonds. The molecule has 2 N–H and O–H groups in total. The first-order valence-electron chi connectivity index (χ1n) is 9.20. The van der Waals surface area contributed by atoms with E-state index in [1.807, 2.05) is 32.9 Å². The molecule has 0 aliphatic heterocycles. The maximum atomic E-state index is 11.7. The number of carbonyl (C=O) groups is 1. The van der Waals surface area contributed by atoms with Crippen LogP contribution in [0.4, 0.5) is 4.79 Å². The Morgan fingerprint density at radius 1 is 1.24 bits per heavy atom. The normalized spacial score (nSPS) is 13.0. The van der Waals surface area contributed by atoms with E-state index in [4.69, 9.17) is 4.74 Å². The fraction of sp³-hybridized carbons (Fsp3) is 0.571. The van der Waals surface area contributed by atoms with E-state index in [-0.39, 0.29) is 12.6 Å². The summed E-state index contributed by atoms with van der Waals surface area (Å²) in [5.41, 5.74) is 1.94. The van der Waals surface area contributed by atoms with Crippen molar-refractivity contribution in [2.24, 2.45) is 0 Å². The summed E-state index contributed by atoms with van der Waals surface area (Å²) in [4.78, 5) is 11.7. The molecule has 1 atom stereocenters. The first kappa shape index (κ1) is 21.2. The van der Waals surface area contributed by atoms with Crippen LogP contribution in [-0.4, -0.2) is 29.4 Å². The fourth-order valence-electron chi connectivity index (χ4n) is 2.40. The van der Waals surface area contributed by atoms with Gasteiger partial charge in [-0.25, -0.2) is 4.79 Å². The zero-order valence-electron chi connectivity index (χ0n) is 16.0. The van der Waals surface area contributed by atoms with E-state index in [0.29, 0.717) is 6.42 Å². The van der Waals surface area contributed by atoms with Crippen molar-refractivity contribution < 1.29 is 14.6 Å². The third-order valence-corrected chi connectivity index (χ3v) is 3.72. The predicted molar refractivity (Wildman–Crippen MR) is 104 cm³/mol. The van der Waals surface area contributed by atoms with Gasteiger partial charge in [0.25, 0.3) is 0 Å². The second-order valence-corrected chi connectivity index (χ2v) is 7.36. The Kier molecular flexibility index (Phi) is 9.28. The van der Waals surface area contributed by atoms with Crippen molar-refractivity contribution in [3.05, 3.63) is 41.5 Å². The monoisotopic (exact) mass is 347 g/mol. The van der Waals surface area contributed by atoms with Gasteiger partial charge in [0.2, 0.25) is 0 Å². The summed E-state index contributed by atoms with van der Waals surface area (Å²) in [6.45, 7) is 7.52. The van der Waals surface area contributed by atoms with E-state index in [9.17, 15) is 9.90 Å². The van der Waals surface area contributed by atoms with Crippen LogP contribution in [0, 0.1) is 0 Å². The Balaban J connectivity index is 2.44. The van der Waals surface area contributed by atoms with Gasteiger partial charge in [-0.2, -0.15) is 0 Å². The average molecular weight is 347 g/mol. The molecule has 0 aromatic heterocycles. The topological polar surface area (TPSA) is 58.6 Å². The molecular weight excluding hydrogens is 314 g/mol. The summed E-state index contributed by atoms with van der Waals surface area (Å²) in [7, 11) is 0. The summed E-state index contributed by atoms with van der Waals surface area (Å²) >= 11 is 0. The Bertz CT molecular complexity index is 529. The summed E-state index contributed by atoms with van der Waals surface area (Å²) in [6, 6.07) is 8.19. The largest absolute Gasteiger partial charge is 0.444 e. The van der Waals surface area contributed by atoms with Crippen LogP contribution in [0.25, 0.3) is 6.08 Å². The molecule has 1 rings (SSSR count). The van der Waals surface area contributed by atoms with Crippen LogP contribution >= 0.6 is 0 Å². The molecule has 0 heterocycles. The molecule has 0 unspecified atom stereocenters. The van der Waals surface area contributed by atoms with Gasteiger partial charge in [0, 0.05) is 0 Å². The molecule has 140 valence electrons. The molecule has 0 aliphatic carbocycles. The molecule has 4 nitrogen and oxygen atoms in total. The van der Waals surface area contributed by atoms with E-state index in [0.717, 1.165) is 12.0 Å². The molecule has 0 fully saturated rings. The quantitative estimate of drug-likeness (QED) is 0.636. The van der Waals surface area contributed by atoms with Crippen molar-refractivity contribution in [1.82, 2.24) is 5.32 Å². The fourth-order valence-corrected chi connectivity index (χ4v) is 2.40. The third kappa shape index (κ3) is 9.92. The maximum Gasteiger partial charge on any atom is 0.407 e. The van der Waals surface area contributed by atoms with E-state index < -0.39 is 11.7 Å². The highest BCUT2D eigenvalue weighted by Gasteiger charge is 2.18. The lowest BCUT2D eigenvalue weighted by Gasteiger charge is -2.22. The Labute approximate surface area is 152 Å². The molecule has 1 aromatic carbocycles. The van der Waals surface area contributed by atoms with Gasteiger partial charge in [0.05, 0.1) is 12.6 Å². The number of benzene rings is 1. The standard InChI is InChI=1S/C21H33NO3/c1-5-6-7-9-17-12-14-18(15-13-17)10-8-11-19(16-23)22-20(24)25-21(2,3)4/h8,10,12-15,19,23H,5-7,9,11,16H2,1-4H3,(H,22,24)/b10-8+/t19-/m0/s1. The lowest BCUT2D eigenvalue weighted by molar-refractivity contribution is 0.0484. The number of nitrogens with one attached hydrogen (secondary N) is 1. The van der Waals surface area contributed by atoms with Gasteiger partial charge in [-0.1, -0.05) is 56.2 Å². The number of amides is 1. The Hall–Kier alpha value is -1.81. The van der Waals surface area contributed by atoms with Crippen molar-refractivity contribution in [1.29, 1.82) is 0 Å². The number of ether oxygens (including phenoxy) is 1. The van der Waals surface area contributed by atoms with E-state index in [2.05, 4.69) is 36.5 Å². The maximum absolute atomic E-state index is 11.7. The molecule has 0 radical (unpaired) electrons. The zero-order chi connectivity index (χ0) is 18.7. The molecule has 25 heavy (non-hydrogen) atoms. The molecule has 0 bridgehead atoms. The molecule has 1 aromatic rings. The minimum absolute atomic E-state index is 0.125. The third-order valence-electron chi connectivity index (χ3n) is 3.72. The lowest BCUT2D eigenvalue weighted by atomic mass is 10.0. The van der Waals surface area contributed by atoms with Gasteiger partial charge in [-0.15, -0.1) is 0 Å². The first-order valence-corrected chi connectivity index (χ1v) is 9.20. The number of aliphatic hydroxyl groups is 1. The van der Waals surface area contributed by atoms with Gasteiger partial charge >= 0.3 is 6.09 Å². The van der Waals surface area contributed by atoms with Gasteiger partial charge in [-0.05, 0) is 51.2 Å². The van der Waals surface area contributed by atoms with Crippen LogP contribution in [0.15, 0.2) is 30.3 Å². The number of aliphatic hydroxyl groups excluding tert-OH is 1. The summed E-state index contributed by atoms with van der Waals surface area (Å²) in [5.74, 6) is 0. The van der Waals surface area contributed by atoms with Crippen LogP contribution in [-0.2, 0) is 11.2 Å². The highest BCUT2D eigenvalue weighted by atomic mass is 16.6. The van der Waals surface area contributed by atoms with E-state index in [1.165, 1.54) is 24.8 Å². The highest BCUT2D eigenvalue weighted by Crippen LogP contribution is 2.11. The number of hydrogen-bond donors (Lipinski definition) is 2. The molecule has 0 saturated heterocycles. The van der Waals surface area contributed by atoms with Crippen LogP contribution in [0.3, 0.4) is 0 Å². The molecule has 4 heteroatoms. The minimum atomic E-state index is -0.543. The number of alkyl carbamates (subject to hydrolysis) is 1. The van der Waals surface area contributed by atoms with Crippen molar-refractivity contribution in [3.8, 4) is 0 Å². The summed E-state index contributed by atoms with van der Waals surface area (Å²) < 4.78 is 5.20. The van der Waals surface area contributed by atoms with E-state index in [1.54, 1.807) is 0 Å². The van der Waals surface area contributed by atoms with Crippen molar-refractivity contribution in [2.75, 3.05) is 6.61 Å². The van der Waals surface area contributed by atoms with Crippen molar-refractivity contribution in [3.63, 3.8) is 0 Å². The molecule has 0 aliphatic rings. The highest BCUT2D eigenvalue weighted by molar-refractivity contribution is 5.68. The average Bonchev–Trinajstić information content (AvgIpc) is 2.54. The number of unbranched alkanes of at least 4 members (excludes halogenated alkanes) is 2. The second-order valence-electron chi connectivity index (χ2n) is 7.36. The Morgan fingerprint density at radius 2 is 1.92 bits per heavy atom. The predicted octanol–water partition coefficient (Wildman–Crippen LogP) is 4.71. The number of aryl methyl sites for hydroxylation is 1. The molecular formula is C21H33NO3. The van der Waals surface area contributed by atoms with Gasteiger partial charge in [0.15, 0.2) is 0 Å². The minimum Gasteiger partial charge on any atom is -0.444 e. The SMILES string of the molecule is CCCCCc1ccc(/C=C/C[C@@H](CO)NC(=O)OC(C)(C)C)cc1. The number of rotatable bonds is 9. The van der Waals surface area contributed by atoms with Crippen molar-refractivity contribution in [2.45, 2.75) is 71.4 Å². The summed E-state index contributed by atoms with van der Waals surface area (Å²) in [5, 5.41) is 12.1. The second kappa shape index (κ2) is 10.9. The molecule has 0 saturated carbocycles. The zero-order valence-corrected chi connectivity index (χ0v) is 16.0. The number of hydrogen-bond acceptors (Lipinski definition) is 3. The summed E-state index contributed by atoms with van der Waals surface area (Å²) in [6.07, 6.45) is 8.90. The van der Waals surface area contributed by atoms with Gasteiger partial charge < -0.3 is 15.2 Å². The van der Waals surface area contributed by atoms with Crippen LogP contribution in [0.1, 0.15) is 64.5 Å². The Morgan fingerprint density at radius 3 is 2.48 bits per heavy atom.